The summed E-state index contributed by atoms with van der Waals surface area (Å²) in [5.74, 6) is -0.900. The number of aliphatic hydroxyl groups is 1. The number of likely N-dealkylation sites (N-methyl/N-ethyl adjacent to an activating group) is 1. The van der Waals surface area contributed by atoms with Crippen molar-refractivity contribution in [2.45, 2.75) is 55.8 Å². The number of carboxylic acids is 1. The number of hydrogen-bond donors (Lipinski definition) is 3. The third-order valence-corrected chi connectivity index (χ3v) is 8.43. The molecule has 0 amide bonds. The number of aryl methyl sites for hydroxylation is 1. The van der Waals surface area contributed by atoms with Gasteiger partial charge >= 0.3 is 12.1 Å². The summed E-state index contributed by atoms with van der Waals surface area (Å²) < 4.78 is 66.8. The summed E-state index contributed by atoms with van der Waals surface area (Å²) in [4.78, 5) is 10.9. The zero-order valence-corrected chi connectivity index (χ0v) is 24.0. The van der Waals surface area contributed by atoms with Crippen LogP contribution in [0.2, 0.25) is 0 Å². The SMILES string of the molecule is CN(C[C@H](O)CNC(C)(C)Cc1cccc(C(F)(F)F)c1)S(=O)(=O)c1cccc(-c2cccc(CCC(=O)O)c2)c1. The lowest BCUT2D eigenvalue weighted by atomic mass is 9.93. The molecule has 222 valence electrons. The van der Waals surface area contributed by atoms with Crippen LogP contribution in [0.5, 0.6) is 0 Å². The molecule has 0 aliphatic rings. The minimum Gasteiger partial charge on any atom is -0.481 e. The summed E-state index contributed by atoms with van der Waals surface area (Å²) in [6, 6.07) is 18.7. The molecule has 7 nitrogen and oxygen atoms in total. The van der Waals surface area contributed by atoms with Crippen molar-refractivity contribution in [3.8, 4) is 11.1 Å². The zero-order valence-electron chi connectivity index (χ0n) is 23.1. The molecular formula is C30H35F3N2O5S. The number of sulfonamides is 1. The molecule has 0 aliphatic carbocycles. The number of carboxylic acid groups (broad SMARTS) is 1. The molecular weight excluding hydrogens is 557 g/mol. The van der Waals surface area contributed by atoms with Crippen LogP contribution in [0.4, 0.5) is 13.2 Å². The van der Waals surface area contributed by atoms with Crippen molar-refractivity contribution in [2.24, 2.45) is 0 Å². The smallest absolute Gasteiger partial charge is 0.416 e. The normalized spacial score (nSPS) is 13.4. The van der Waals surface area contributed by atoms with Gasteiger partial charge < -0.3 is 15.5 Å². The van der Waals surface area contributed by atoms with Crippen LogP contribution < -0.4 is 5.32 Å². The van der Waals surface area contributed by atoms with Gasteiger partial charge in [0, 0.05) is 32.1 Å². The molecule has 0 saturated carbocycles. The highest BCUT2D eigenvalue weighted by Gasteiger charge is 2.31. The van der Waals surface area contributed by atoms with Gasteiger partial charge in [-0.1, -0.05) is 54.6 Å². The maximum absolute atomic E-state index is 13.3. The highest BCUT2D eigenvalue weighted by molar-refractivity contribution is 7.89. The number of β-amino-alcohol motifs (C(OH)–C–C–N with tert-alkyl or cyclic N) is 1. The van der Waals surface area contributed by atoms with Gasteiger partial charge in [0.25, 0.3) is 0 Å². The van der Waals surface area contributed by atoms with E-state index in [1.165, 1.54) is 25.2 Å². The fourth-order valence-electron chi connectivity index (χ4n) is 4.46. The summed E-state index contributed by atoms with van der Waals surface area (Å²) in [5, 5.41) is 22.7. The van der Waals surface area contributed by atoms with Crippen LogP contribution in [0, 0.1) is 0 Å². The Morgan fingerprint density at radius 1 is 0.951 bits per heavy atom. The van der Waals surface area contributed by atoms with E-state index in [1.807, 2.05) is 18.2 Å². The Hall–Kier alpha value is -3.25. The van der Waals surface area contributed by atoms with E-state index in [0.717, 1.165) is 27.6 Å². The second-order valence-corrected chi connectivity index (χ2v) is 12.7. The monoisotopic (exact) mass is 592 g/mol. The number of aliphatic carboxylic acids is 1. The van der Waals surface area contributed by atoms with Gasteiger partial charge in [0.2, 0.25) is 10.0 Å². The first-order chi connectivity index (χ1) is 19.1. The summed E-state index contributed by atoms with van der Waals surface area (Å²) in [7, 11) is -2.59. The van der Waals surface area contributed by atoms with Crippen LogP contribution in [0.25, 0.3) is 11.1 Å². The van der Waals surface area contributed by atoms with Gasteiger partial charge in [-0.05, 0) is 67.1 Å². The van der Waals surface area contributed by atoms with Gasteiger partial charge in [-0.2, -0.15) is 17.5 Å². The number of alkyl halides is 3. The molecule has 0 bridgehead atoms. The van der Waals surface area contributed by atoms with Crippen molar-refractivity contribution in [3.05, 3.63) is 89.5 Å². The highest BCUT2D eigenvalue weighted by Crippen LogP contribution is 2.30. The van der Waals surface area contributed by atoms with Gasteiger partial charge in [0.1, 0.15) is 0 Å². The van der Waals surface area contributed by atoms with E-state index >= 15 is 0 Å². The highest BCUT2D eigenvalue weighted by atomic mass is 32.2. The topological polar surface area (TPSA) is 107 Å². The average molecular weight is 593 g/mol. The molecule has 0 fully saturated rings. The van der Waals surface area contributed by atoms with Crippen molar-refractivity contribution in [1.29, 1.82) is 0 Å². The number of rotatable bonds is 13. The van der Waals surface area contributed by atoms with Crippen LogP contribution in [0.3, 0.4) is 0 Å². The van der Waals surface area contributed by atoms with E-state index in [-0.39, 0.29) is 30.8 Å². The minimum absolute atomic E-state index is 0.0116. The number of hydrogen-bond acceptors (Lipinski definition) is 5. The van der Waals surface area contributed by atoms with Gasteiger partial charge in [0.15, 0.2) is 0 Å². The van der Waals surface area contributed by atoms with E-state index in [9.17, 15) is 31.5 Å². The zero-order chi connectivity index (χ0) is 30.4. The molecule has 0 radical (unpaired) electrons. The Morgan fingerprint density at radius 2 is 1.56 bits per heavy atom. The molecule has 3 aromatic rings. The van der Waals surface area contributed by atoms with Crippen LogP contribution >= 0.6 is 0 Å². The molecule has 41 heavy (non-hydrogen) atoms. The predicted octanol–water partition coefficient (Wildman–Crippen LogP) is 4.98. The van der Waals surface area contributed by atoms with Gasteiger partial charge in [-0.3, -0.25) is 4.79 Å². The summed E-state index contributed by atoms with van der Waals surface area (Å²) in [5.41, 5.74) is 1.30. The quantitative estimate of drug-likeness (QED) is 0.259. The molecule has 1 atom stereocenters. The van der Waals surface area contributed by atoms with Crippen molar-refractivity contribution < 1.29 is 36.6 Å². The lowest BCUT2D eigenvalue weighted by Gasteiger charge is -2.29. The molecule has 0 aromatic heterocycles. The summed E-state index contributed by atoms with van der Waals surface area (Å²) in [6.07, 6.45) is -4.91. The number of benzene rings is 3. The van der Waals surface area contributed by atoms with E-state index < -0.39 is 39.4 Å². The fourth-order valence-corrected chi connectivity index (χ4v) is 5.71. The first kappa shape index (κ1) is 32.3. The summed E-state index contributed by atoms with van der Waals surface area (Å²) in [6.45, 7) is 3.41. The fraction of sp³-hybridized carbons (Fsp3) is 0.367. The maximum atomic E-state index is 13.3. The Labute approximate surface area is 238 Å². The molecule has 0 unspecified atom stereocenters. The van der Waals surface area contributed by atoms with Crippen LogP contribution in [0.1, 0.15) is 37.0 Å². The second kappa shape index (κ2) is 13.2. The van der Waals surface area contributed by atoms with Crippen molar-refractivity contribution in [2.75, 3.05) is 20.1 Å². The number of aliphatic hydroxyl groups excluding tert-OH is 1. The average Bonchev–Trinajstić information content (AvgIpc) is 2.90. The Morgan fingerprint density at radius 3 is 2.22 bits per heavy atom. The van der Waals surface area contributed by atoms with Crippen LogP contribution in [-0.2, 0) is 33.8 Å². The Balaban J connectivity index is 1.63. The van der Waals surface area contributed by atoms with E-state index in [1.54, 1.807) is 38.1 Å². The lowest BCUT2D eigenvalue weighted by molar-refractivity contribution is -0.138. The first-order valence-electron chi connectivity index (χ1n) is 13.0. The Bertz CT molecular complexity index is 1460. The number of halogens is 3. The largest absolute Gasteiger partial charge is 0.481 e. The first-order valence-corrected chi connectivity index (χ1v) is 14.5. The number of carbonyl (C=O) groups is 1. The molecule has 0 aliphatic heterocycles. The van der Waals surface area contributed by atoms with E-state index in [0.29, 0.717) is 17.5 Å². The number of nitrogens with one attached hydrogen (secondary N) is 1. The van der Waals surface area contributed by atoms with Gasteiger partial charge in [-0.15, -0.1) is 0 Å². The minimum atomic E-state index is -4.44. The van der Waals surface area contributed by atoms with Gasteiger partial charge in [0.05, 0.1) is 16.6 Å². The van der Waals surface area contributed by atoms with Crippen LogP contribution in [0.15, 0.2) is 77.7 Å². The third kappa shape index (κ3) is 9.39. The molecule has 0 spiro atoms. The second-order valence-electron chi connectivity index (χ2n) is 10.7. The molecule has 3 rings (SSSR count). The van der Waals surface area contributed by atoms with Crippen LogP contribution in [-0.4, -0.2) is 60.7 Å². The van der Waals surface area contributed by atoms with E-state index in [4.69, 9.17) is 5.11 Å². The third-order valence-electron chi connectivity index (χ3n) is 6.61. The maximum Gasteiger partial charge on any atom is 0.416 e. The summed E-state index contributed by atoms with van der Waals surface area (Å²) >= 11 is 0. The standard InChI is InChI=1S/C30H35F3N2O5S/c1-29(2,18-22-8-5-11-25(16-22)30(31,32)33)34-19-26(36)20-35(3)41(39,40)27-12-6-10-24(17-27)23-9-4-7-21(15-23)13-14-28(37)38/h4-12,15-17,26,34,36H,13-14,18-20H2,1-3H3,(H,37,38)/t26-/m1/s1. The molecule has 0 heterocycles. The van der Waals surface area contributed by atoms with Crippen molar-refractivity contribution >= 4 is 16.0 Å². The molecule has 11 heteroatoms. The lowest BCUT2D eigenvalue weighted by Crippen LogP contribution is -2.47. The molecule has 3 N–H and O–H groups in total. The molecule has 0 saturated heterocycles. The Kier molecular flexibility index (Phi) is 10.4. The van der Waals surface area contributed by atoms with Crippen molar-refractivity contribution in [3.63, 3.8) is 0 Å². The number of nitrogens with zero attached hydrogens (tertiary/aromatic N) is 1. The van der Waals surface area contributed by atoms with Crippen molar-refractivity contribution in [1.82, 2.24) is 9.62 Å². The molecule has 3 aromatic carbocycles. The predicted molar refractivity (Wildman–Crippen MR) is 151 cm³/mol. The van der Waals surface area contributed by atoms with E-state index in [2.05, 4.69) is 5.32 Å². The van der Waals surface area contributed by atoms with Gasteiger partial charge in [-0.25, -0.2) is 8.42 Å².